The molecule has 4 rings (SSSR count). The number of benzene rings is 1. The van der Waals surface area contributed by atoms with Gasteiger partial charge >= 0.3 is 0 Å². The molecule has 1 unspecified atom stereocenters. The van der Waals surface area contributed by atoms with E-state index in [0.29, 0.717) is 55.5 Å². The van der Waals surface area contributed by atoms with E-state index in [0.717, 1.165) is 12.8 Å². The summed E-state index contributed by atoms with van der Waals surface area (Å²) in [6.45, 7) is 8.65. The molecule has 1 atom stereocenters. The monoisotopic (exact) mass is 557 g/mol. The number of quaternary nitrogens is 1. The van der Waals surface area contributed by atoms with E-state index in [1.807, 2.05) is 13.8 Å². The average Bonchev–Trinajstić information content (AvgIpc) is 3.77. The van der Waals surface area contributed by atoms with Crippen molar-refractivity contribution in [3.63, 3.8) is 0 Å². The normalized spacial score (nSPS) is 18.8. The number of allylic oxidation sites excluding steroid dienone is 2. The molecule has 1 amide bonds. The van der Waals surface area contributed by atoms with Crippen LogP contribution in [0.25, 0.3) is 11.3 Å². The summed E-state index contributed by atoms with van der Waals surface area (Å²) in [5.74, 6) is -0.548. The first-order valence-corrected chi connectivity index (χ1v) is 13.3. The first-order chi connectivity index (χ1) is 18.7. The van der Waals surface area contributed by atoms with Crippen LogP contribution in [0, 0.1) is 11.2 Å². The number of nitrogens with one attached hydrogen (secondary N) is 2. The highest BCUT2D eigenvalue weighted by molar-refractivity contribution is 7.74. The Morgan fingerprint density at radius 1 is 1.38 bits per heavy atom. The second-order valence-corrected chi connectivity index (χ2v) is 10.1. The standard InChI is InChI=1S/C27H33FN6O4S/c1-4-6-24(30-18(3)33-34(36,39)20-8-9-20)27(11-13-37-14-12-27)26(35)32-22-10-7-19(15-21(22)28)23-16-29-17-25(31-23)38-5-2/h4,6-7,10,15-17,20,33,36,39H,3,5,8-9,11-14H2,1-2H3/p+1/b6-4-,30-24+. The van der Waals surface area contributed by atoms with Gasteiger partial charge in [-0.05, 0) is 49.1 Å². The summed E-state index contributed by atoms with van der Waals surface area (Å²) in [5, 5.41) is 13.3. The number of amides is 1. The van der Waals surface area contributed by atoms with E-state index in [9.17, 15) is 10.0 Å². The van der Waals surface area contributed by atoms with Crippen molar-refractivity contribution < 1.29 is 28.0 Å². The van der Waals surface area contributed by atoms with Gasteiger partial charge in [0.05, 0.1) is 41.5 Å². The summed E-state index contributed by atoms with van der Waals surface area (Å²) in [5.41, 5.74) is 3.07. The molecule has 0 bridgehead atoms. The molecule has 1 saturated carbocycles. The molecule has 0 radical (unpaired) electrons. The van der Waals surface area contributed by atoms with Gasteiger partial charge in [-0.15, -0.1) is 0 Å². The maximum Gasteiger partial charge on any atom is 0.236 e. The van der Waals surface area contributed by atoms with Gasteiger partial charge in [-0.3, -0.25) is 9.78 Å². The number of nitrogens with zero attached hydrogens (tertiary/aromatic N) is 4. The van der Waals surface area contributed by atoms with Crippen LogP contribution in [0.4, 0.5) is 10.1 Å². The number of ether oxygens (including phenoxy) is 2. The Kier molecular flexibility index (Phi) is 9.01. The van der Waals surface area contributed by atoms with Crippen molar-refractivity contribution in [3.05, 3.63) is 61.0 Å². The first-order valence-electron chi connectivity index (χ1n) is 12.9. The molecule has 2 aliphatic rings. The van der Waals surface area contributed by atoms with Crippen molar-refractivity contribution in [1.29, 1.82) is 0 Å². The van der Waals surface area contributed by atoms with Crippen molar-refractivity contribution in [2.45, 2.75) is 45.6 Å². The van der Waals surface area contributed by atoms with E-state index in [-0.39, 0.29) is 17.6 Å². The van der Waals surface area contributed by atoms with Gasteiger partial charge in [0.1, 0.15) is 18.6 Å². The van der Waals surface area contributed by atoms with E-state index < -0.39 is 21.3 Å². The van der Waals surface area contributed by atoms with Gasteiger partial charge in [-0.2, -0.15) is 10.6 Å². The molecule has 2 heterocycles. The van der Waals surface area contributed by atoms with Gasteiger partial charge in [0, 0.05) is 31.6 Å². The van der Waals surface area contributed by atoms with Crippen LogP contribution in [0.1, 0.15) is 39.5 Å². The Labute approximate surface area is 232 Å². The molecule has 0 spiro atoms. The number of aromatic nitrogens is 2. The summed E-state index contributed by atoms with van der Waals surface area (Å²) in [7, 11) is 0. The van der Waals surface area contributed by atoms with E-state index in [1.54, 1.807) is 18.2 Å². The zero-order chi connectivity index (χ0) is 28.0. The highest BCUT2D eigenvalue weighted by Gasteiger charge is 2.46. The fourth-order valence-corrected chi connectivity index (χ4v) is 4.74. The number of thiol groups is 1. The number of rotatable bonds is 11. The minimum absolute atomic E-state index is 0.0236. The Morgan fingerprint density at radius 3 is 2.77 bits per heavy atom. The van der Waals surface area contributed by atoms with E-state index in [2.05, 4.69) is 45.1 Å². The van der Waals surface area contributed by atoms with Gasteiger partial charge in [0.15, 0.2) is 11.9 Å². The molecule has 39 heavy (non-hydrogen) atoms. The maximum atomic E-state index is 15.2. The van der Waals surface area contributed by atoms with Crippen molar-refractivity contribution in [2.24, 2.45) is 10.4 Å². The number of carbonyl (C=O) groups is 1. The van der Waals surface area contributed by atoms with Crippen LogP contribution in [0.5, 0.6) is 5.88 Å². The first kappa shape index (κ1) is 28.7. The second-order valence-electron chi connectivity index (χ2n) is 9.45. The van der Waals surface area contributed by atoms with E-state index >= 15 is 4.39 Å². The number of halogens is 1. The molecule has 2 aromatic rings. The Morgan fingerprint density at radius 2 is 2.13 bits per heavy atom. The molecule has 1 aliphatic carbocycles. The molecular weight excluding hydrogens is 523 g/mol. The van der Waals surface area contributed by atoms with Crippen LogP contribution in [0.15, 0.2) is 60.1 Å². The van der Waals surface area contributed by atoms with Crippen LogP contribution in [-0.4, -0.2) is 56.8 Å². The summed E-state index contributed by atoms with van der Waals surface area (Å²) in [6, 6.07) is 4.38. The van der Waals surface area contributed by atoms with Gasteiger partial charge < -0.3 is 14.8 Å². The lowest BCUT2D eigenvalue weighted by atomic mass is 9.74. The molecule has 1 aromatic heterocycles. The molecule has 10 nitrogen and oxygen atoms in total. The number of hydroxylamine groups is 1. The minimum atomic E-state index is -1.11. The number of carbonyl (C=O) groups excluding carboxylic acids is 1. The lowest BCUT2D eigenvalue weighted by Crippen LogP contribution is -2.49. The van der Waals surface area contributed by atoms with Gasteiger partial charge in [-0.1, -0.05) is 18.7 Å². The van der Waals surface area contributed by atoms with Crippen LogP contribution in [0.3, 0.4) is 0 Å². The maximum absolute atomic E-state index is 15.2. The molecule has 2 fully saturated rings. The molecule has 1 saturated heterocycles. The summed E-state index contributed by atoms with van der Waals surface area (Å²) in [6.07, 6.45) is 8.81. The van der Waals surface area contributed by atoms with Gasteiger partial charge in [-0.25, -0.2) is 14.4 Å². The molecule has 208 valence electrons. The van der Waals surface area contributed by atoms with Crippen LogP contribution in [-0.2, 0) is 9.53 Å². The van der Waals surface area contributed by atoms with Crippen molar-refractivity contribution in [2.75, 3.05) is 25.1 Å². The van der Waals surface area contributed by atoms with E-state index in [1.165, 1.54) is 24.5 Å². The molecule has 1 aromatic carbocycles. The van der Waals surface area contributed by atoms with Crippen molar-refractivity contribution >= 4 is 30.1 Å². The smallest absolute Gasteiger partial charge is 0.236 e. The molecule has 3 N–H and O–H groups in total. The summed E-state index contributed by atoms with van der Waals surface area (Å²) in [4.78, 5) is 26.8. The quantitative estimate of drug-likeness (QED) is 0.138. The zero-order valence-corrected chi connectivity index (χ0v) is 23.0. The lowest BCUT2D eigenvalue weighted by molar-refractivity contribution is -1.03. The largest absolute Gasteiger partial charge is 0.477 e. The highest BCUT2D eigenvalue weighted by Crippen LogP contribution is 2.37. The fourth-order valence-electron chi connectivity index (χ4n) is 4.39. The average molecular weight is 558 g/mol. The Hall–Kier alpha value is -3.32. The van der Waals surface area contributed by atoms with Crippen molar-refractivity contribution in [1.82, 2.24) is 15.4 Å². The zero-order valence-electron chi connectivity index (χ0n) is 22.1. The summed E-state index contributed by atoms with van der Waals surface area (Å²) < 4.78 is 25.4. The van der Waals surface area contributed by atoms with Crippen molar-refractivity contribution in [3.8, 4) is 17.1 Å². The third-order valence-electron chi connectivity index (χ3n) is 6.62. The number of hydrogen-bond donors (Lipinski definition) is 4. The summed E-state index contributed by atoms with van der Waals surface area (Å²) >= 11 is 4.25. The fraction of sp³-hybridized carbons (Fsp3) is 0.407. The van der Waals surface area contributed by atoms with Gasteiger partial charge in [0.25, 0.3) is 0 Å². The molecule has 12 heteroatoms. The highest BCUT2D eigenvalue weighted by atomic mass is 32.1. The Bertz CT molecular complexity index is 1270. The molecule has 1 aliphatic heterocycles. The minimum Gasteiger partial charge on any atom is -0.477 e. The Balaban J connectivity index is 1.59. The van der Waals surface area contributed by atoms with Crippen LogP contribution >= 0.6 is 12.8 Å². The third-order valence-corrected chi connectivity index (χ3v) is 7.05. The SMILES string of the molecule is C=C(/N=C(\C=C/C)C1(C(=O)Nc2ccc(-c3cncc(OCC)n3)cc2F)CCOCC1)N[N+](O)(S)C1CC1. The molecular formula is C27H34FN6O4S+. The number of anilines is 1. The predicted molar refractivity (Wildman–Crippen MR) is 148 cm³/mol. The van der Waals surface area contributed by atoms with E-state index in [4.69, 9.17) is 9.47 Å². The number of aliphatic imine (C=N–C) groups is 1. The lowest BCUT2D eigenvalue weighted by Gasteiger charge is -2.36. The number of hydrogen-bond acceptors (Lipinski definition) is 9. The topological polar surface area (TPSA) is 118 Å². The van der Waals surface area contributed by atoms with Crippen LogP contribution in [0.2, 0.25) is 0 Å². The van der Waals surface area contributed by atoms with Gasteiger partial charge in [0.2, 0.25) is 11.8 Å². The third kappa shape index (κ3) is 6.82. The van der Waals surface area contributed by atoms with Crippen LogP contribution < -0.4 is 15.5 Å². The second kappa shape index (κ2) is 12.2. The predicted octanol–water partition coefficient (Wildman–Crippen LogP) is 4.62.